The first-order valence-electron chi connectivity index (χ1n) is 5.08. The largest absolute Gasteiger partial charge is 0.491 e. The third-order valence-corrected chi connectivity index (χ3v) is 1.89. The van der Waals surface area contributed by atoms with Crippen LogP contribution in [0.1, 0.15) is 24.2 Å². The van der Waals surface area contributed by atoms with Gasteiger partial charge in [0.25, 0.3) is 0 Å². The maximum Gasteiger partial charge on any atom is 0.176 e. The number of benzene rings is 1. The quantitative estimate of drug-likeness (QED) is 0.749. The van der Waals surface area contributed by atoms with Crippen molar-refractivity contribution in [2.24, 2.45) is 0 Å². The van der Waals surface area contributed by atoms with E-state index in [0.29, 0.717) is 12.1 Å². The van der Waals surface area contributed by atoms with Gasteiger partial charge in [-0.05, 0) is 45.2 Å². The maximum absolute atomic E-state index is 11.5. The van der Waals surface area contributed by atoms with Crippen LogP contribution in [0.5, 0.6) is 5.75 Å². The SMILES string of the molecule is CNCC(=O)c1ccc(OC(C)C)cc1. The molecular formula is C12H17NO2. The number of hydrogen-bond acceptors (Lipinski definition) is 3. The molecule has 0 heterocycles. The fourth-order valence-corrected chi connectivity index (χ4v) is 1.25. The molecule has 0 aliphatic carbocycles. The highest BCUT2D eigenvalue weighted by Gasteiger charge is 2.04. The summed E-state index contributed by atoms with van der Waals surface area (Å²) in [6.07, 6.45) is 0.156. The van der Waals surface area contributed by atoms with Crippen LogP contribution in [-0.2, 0) is 0 Å². The molecule has 0 saturated heterocycles. The minimum Gasteiger partial charge on any atom is -0.491 e. The zero-order valence-electron chi connectivity index (χ0n) is 9.41. The third kappa shape index (κ3) is 3.72. The van der Waals surface area contributed by atoms with Crippen LogP contribution in [0.3, 0.4) is 0 Å². The van der Waals surface area contributed by atoms with Gasteiger partial charge in [-0.25, -0.2) is 0 Å². The van der Waals surface area contributed by atoms with Gasteiger partial charge < -0.3 is 10.1 Å². The van der Waals surface area contributed by atoms with Crippen LogP contribution in [0.4, 0.5) is 0 Å². The molecule has 0 spiro atoms. The average Bonchev–Trinajstić information content (AvgIpc) is 2.18. The van der Waals surface area contributed by atoms with E-state index in [0.717, 1.165) is 5.75 Å². The Labute approximate surface area is 90.4 Å². The van der Waals surface area contributed by atoms with Gasteiger partial charge in [-0.15, -0.1) is 0 Å². The number of Topliss-reactive ketones (excluding diaryl/α,β-unsaturated/α-hetero) is 1. The summed E-state index contributed by atoms with van der Waals surface area (Å²) in [7, 11) is 1.76. The lowest BCUT2D eigenvalue weighted by molar-refractivity contribution is 0.0993. The molecular weight excluding hydrogens is 190 g/mol. The van der Waals surface area contributed by atoms with Crippen molar-refractivity contribution in [1.29, 1.82) is 0 Å². The summed E-state index contributed by atoms with van der Waals surface area (Å²) in [6.45, 7) is 4.31. The van der Waals surface area contributed by atoms with Crippen molar-refractivity contribution in [2.45, 2.75) is 20.0 Å². The lowest BCUT2D eigenvalue weighted by atomic mass is 10.1. The number of carbonyl (C=O) groups excluding carboxylic acids is 1. The second-order valence-corrected chi connectivity index (χ2v) is 3.64. The van der Waals surface area contributed by atoms with E-state index in [9.17, 15) is 4.79 Å². The minimum absolute atomic E-state index is 0.0913. The molecule has 0 saturated carbocycles. The molecule has 0 unspecified atom stereocenters. The third-order valence-electron chi connectivity index (χ3n) is 1.89. The summed E-state index contributed by atoms with van der Waals surface area (Å²) in [4.78, 5) is 11.5. The maximum atomic E-state index is 11.5. The molecule has 0 atom stereocenters. The molecule has 1 aromatic carbocycles. The van der Waals surface area contributed by atoms with Gasteiger partial charge in [0.05, 0.1) is 12.6 Å². The van der Waals surface area contributed by atoms with Gasteiger partial charge in [-0.2, -0.15) is 0 Å². The summed E-state index contributed by atoms with van der Waals surface area (Å²) in [5.41, 5.74) is 0.709. The van der Waals surface area contributed by atoms with Crippen LogP contribution >= 0.6 is 0 Å². The molecule has 0 aliphatic rings. The topological polar surface area (TPSA) is 38.3 Å². The van der Waals surface area contributed by atoms with E-state index in [2.05, 4.69) is 5.32 Å². The Morgan fingerprint density at radius 3 is 2.40 bits per heavy atom. The Balaban J connectivity index is 2.67. The van der Waals surface area contributed by atoms with E-state index in [4.69, 9.17) is 4.74 Å². The lowest BCUT2D eigenvalue weighted by Gasteiger charge is -2.09. The van der Waals surface area contributed by atoms with E-state index in [1.807, 2.05) is 26.0 Å². The van der Waals surface area contributed by atoms with Crippen molar-refractivity contribution in [3.63, 3.8) is 0 Å². The number of hydrogen-bond donors (Lipinski definition) is 1. The smallest absolute Gasteiger partial charge is 0.176 e. The number of ketones is 1. The van der Waals surface area contributed by atoms with Gasteiger partial charge >= 0.3 is 0 Å². The van der Waals surface area contributed by atoms with E-state index in [1.165, 1.54) is 0 Å². The number of carbonyl (C=O) groups is 1. The summed E-state index contributed by atoms with van der Waals surface area (Å²) in [6, 6.07) is 7.22. The highest BCUT2D eigenvalue weighted by Crippen LogP contribution is 2.13. The second-order valence-electron chi connectivity index (χ2n) is 3.64. The average molecular weight is 207 g/mol. The van der Waals surface area contributed by atoms with Crippen LogP contribution in [0.25, 0.3) is 0 Å². The highest BCUT2D eigenvalue weighted by molar-refractivity contribution is 5.97. The summed E-state index contributed by atoms with van der Waals surface area (Å²) >= 11 is 0. The van der Waals surface area contributed by atoms with Crippen molar-refractivity contribution in [3.05, 3.63) is 29.8 Å². The monoisotopic (exact) mass is 207 g/mol. The van der Waals surface area contributed by atoms with Crippen molar-refractivity contribution in [2.75, 3.05) is 13.6 Å². The molecule has 1 N–H and O–H groups in total. The van der Waals surface area contributed by atoms with E-state index < -0.39 is 0 Å². The van der Waals surface area contributed by atoms with Gasteiger partial charge in [0.15, 0.2) is 5.78 Å². The normalized spacial score (nSPS) is 10.4. The fourth-order valence-electron chi connectivity index (χ4n) is 1.25. The number of likely N-dealkylation sites (N-methyl/N-ethyl adjacent to an activating group) is 1. The van der Waals surface area contributed by atoms with E-state index >= 15 is 0 Å². The molecule has 0 aromatic heterocycles. The molecule has 0 radical (unpaired) electrons. The summed E-state index contributed by atoms with van der Waals surface area (Å²) < 4.78 is 5.48. The molecule has 82 valence electrons. The Kier molecular flexibility index (Phi) is 4.31. The van der Waals surface area contributed by atoms with Gasteiger partial charge in [-0.3, -0.25) is 4.79 Å². The molecule has 15 heavy (non-hydrogen) atoms. The first-order chi connectivity index (χ1) is 7.13. The standard InChI is InChI=1S/C12H17NO2/c1-9(2)15-11-6-4-10(5-7-11)12(14)8-13-3/h4-7,9,13H,8H2,1-3H3. The van der Waals surface area contributed by atoms with Crippen LogP contribution in [-0.4, -0.2) is 25.5 Å². The Bertz CT molecular complexity index is 317. The highest BCUT2D eigenvalue weighted by atomic mass is 16.5. The molecule has 0 amide bonds. The Morgan fingerprint density at radius 1 is 1.33 bits per heavy atom. The fraction of sp³-hybridized carbons (Fsp3) is 0.417. The van der Waals surface area contributed by atoms with Gasteiger partial charge in [-0.1, -0.05) is 0 Å². The van der Waals surface area contributed by atoms with Gasteiger partial charge in [0, 0.05) is 5.56 Å². The molecule has 3 heteroatoms. The Morgan fingerprint density at radius 2 is 1.93 bits per heavy atom. The van der Waals surface area contributed by atoms with Crippen molar-refractivity contribution >= 4 is 5.78 Å². The molecule has 0 aliphatic heterocycles. The zero-order valence-corrected chi connectivity index (χ0v) is 9.41. The minimum atomic E-state index is 0.0913. The van der Waals surface area contributed by atoms with Gasteiger partial charge in [0.2, 0.25) is 0 Å². The van der Waals surface area contributed by atoms with Crippen LogP contribution in [0.15, 0.2) is 24.3 Å². The molecule has 3 nitrogen and oxygen atoms in total. The van der Waals surface area contributed by atoms with Crippen LogP contribution in [0, 0.1) is 0 Å². The van der Waals surface area contributed by atoms with Gasteiger partial charge in [0.1, 0.15) is 5.75 Å². The van der Waals surface area contributed by atoms with Crippen LogP contribution < -0.4 is 10.1 Å². The number of ether oxygens (including phenoxy) is 1. The Hall–Kier alpha value is -1.35. The zero-order chi connectivity index (χ0) is 11.3. The van der Waals surface area contributed by atoms with Crippen molar-refractivity contribution < 1.29 is 9.53 Å². The lowest BCUT2D eigenvalue weighted by Crippen LogP contribution is -2.18. The van der Waals surface area contributed by atoms with Crippen molar-refractivity contribution in [1.82, 2.24) is 5.32 Å². The van der Waals surface area contributed by atoms with Crippen molar-refractivity contribution in [3.8, 4) is 5.75 Å². The first-order valence-corrected chi connectivity index (χ1v) is 5.08. The second kappa shape index (κ2) is 5.51. The molecule has 0 bridgehead atoms. The summed E-state index contributed by atoms with van der Waals surface area (Å²) in [5.74, 6) is 0.889. The molecule has 0 fully saturated rings. The molecule has 1 aromatic rings. The number of rotatable bonds is 5. The van der Waals surface area contributed by atoms with E-state index in [1.54, 1.807) is 19.2 Å². The number of nitrogens with one attached hydrogen (secondary N) is 1. The van der Waals surface area contributed by atoms with E-state index in [-0.39, 0.29) is 11.9 Å². The first kappa shape index (κ1) is 11.7. The predicted octanol–water partition coefficient (Wildman–Crippen LogP) is 1.88. The predicted molar refractivity (Wildman–Crippen MR) is 60.5 cm³/mol. The molecule has 1 rings (SSSR count). The van der Waals surface area contributed by atoms with Crippen LogP contribution in [0.2, 0.25) is 0 Å². The summed E-state index contributed by atoms with van der Waals surface area (Å²) in [5, 5.41) is 2.83.